The molecular formula is C15H14Cl3N. The van der Waals surface area contributed by atoms with Crippen molar-refractivity contribution in [3.05, 3.63) is 68.7 Å². The molecule has 0 aliphatic carbocycles. The van der Waals surface area contributed by atoms with Gasteiger partial charge < -0.3 is 5.32 Å². The second kappa shape index (κ2) is 6.62. The van der Waals surface area contributed by atoms with Crippen LogP contribution in [-0.4, -0.2) is 6.54 Å². The zero-order valence-electron chi connectivity index (χ0n) is 10.5. The Morgan fingerprint density at radius 1 is 0.895 bits per heavy atom. The van der Waals surface area contributed by atoms with Crippen LogP contribution in [0.15, 0.2) is 42.5 Å². The van der Waals surface area contributed by atoms with E-state index in [0.717, 1.165) is 17.7 Å². The van der Waals surface area contributed by atoms with E-state index in [1.165, 1.54) is 0 Å². The van der Waals surface area contributed by atoms with Gasteiger partial charge in [0.1, 0.15) is 0 Å². The Morgan fingerprint density at radius 2 is 1.53 bits per heavy atom. The van der Waals surface area contributed by atoms with Gasteiger partial charge in [0.15, 0.2) is 0 Å². The fraction of sp³-hybridized carbons (Fsp3) is 0.200. The minimum Gasteiger partial charge on any atom is -0.306 e. The topological polar surface area (TPSA) is 12.0 Å². The lowest BCUT2D eigenvalue weighted by Crippen LogP contribution is -2.22. The van der Waals surface area contributed by atoms with E-state index in [1.807, 2.05) is 43.3 Å². The summed E-state index contributed by atoms with van der Waals surface area (Å²) in [4.78, 5) is 0. The predicted octanol–water partition coefficient (Wildman–Crippen LogP) is 5.35. The van der Waals surface area contributed by atoms with Crippen LogP contribution in [0.4, 0.5) is 0 Å². The first-order valence-corrected chi connectivity index (χ1v) is 7.20. The molecular weight excluding hydrogens is 301 g/mol. The van der Waals surface area contributed by atoms with Crippen molar-refractivity contribution in [3.63, 3.8) is 0 Å². The van der Waals surface area contributed by atoms with Crippen molar-refractivity contribution in [2.24, 2.45) is 0 Å². The third-order valence-corrected chi connectivity index (χ3v) is 4.09. The number of benzene rings is 2. The molecule has 0 saturated carbocycles. The van der Waals surface area contributed by atoms with E-state index in [4.69, 9.17) is 34.8 Å². The third-order valence-electron chi connectivity index (χ3n) is 2.92. The molecule has 2 rings (SSSR count). The standard InChI is InChI=1S/C15H14Cl3N/c1-2-19-15(10-6-3-4-8-12(10)16)11-7-5-9-13(17)14(11)18/h3-9,15,19H,2H2,1H3. The van der Waals surface area contributed by atoms with E-state index < -0.39 is 0 Å². The molecule has 19 heavy (non-hydrogen) atoms. The highest BCUT2D eigenvalue weighted by molar-refractivity contribution is 6.42. The lowest BCUT2D eigenvalue weighted by molar-refractivity contribution is 0.631. The van der Waals surface area contributed by atoms with Gasteiger partial charge in [-0.1, -0.05) is 72.1 Å². The summed E-state index contributed by atoms with van der Waals surface area (Å²) < 4.78 is 0. The summed E-state index contributed by atoms with van der Waals surface area (Å²) in [7, 11) is 0. The largest absolute Gasteiger partial charge is 0.306 e. The molecule has 2 aromatic carbocycles. The van der Waals surface area contributed by atoms with Crippen LogP contribution in [0.3, 0.4) is 0 Å². The van der Waals surface area contributed by atoms with Gasteiger partial charge in [-0.25, -0.2) is 0 Å². The molecule has 0 radical (unpaired) electrons. The minimum absolute atomic E-state index is 0.0649. The Kier molecular flexibility index (Phi) is 5.12. The molecule has 0 saturated heterocycles. The highest BCUT2D eigenvalue weighted by atomic mass is 35.5. The van der Waals surface area contributed by atoms with Crippen molar-refractivity contribution in [3.8, 4) is 0 Å². The molecule has 4 heteroatoms. The van der Waals surface area contributed by atoms with E-state index in [0.29, 0.717) is 15.1 Å². The second-order valence-corrected chi connectivity index (χ2v) is 5.35. The maximum atomic E-state index is 6.31. The minimum atomic E-state index is -0.0649. The van der Waals surface area contributed by atoms with Crippen LogP contribution in [-0.2, 0) is 0 Å². The molecule has 1 nitrogen and oxygen atoms in total. The highest BCUT2D eigenvalue weighted by Crippen LogP contribution is 2.35. The summed E-state index contributed by atoms with van der Waals surface area (Å²) in [6.45, 7) is 2.85. The summed E-state index contributed by atoms with van der Waals surface area (Å²) in [6, 6.07) is 13.3. The number of halogens is 3. The van der Waals surface area contributed by atoms with Gasteiger partial charge in [0, 0.05) is 5.02 Å². The van der Waals surface area contributed by atoms with Gasteiger partial charge in [-0.2, -0.15) is 0 Å². The van der Waals surface area contributed by atoms with Gasteiger partial charge in [0.2, 0.25) is 0 Å². The van der Waals surface area contributed by atoms with Crippen molar-refractivity contribution < 1.29 is 0 Å². The van der Waals surface area contributed by atoms with E-state index in [-0.39, 0.29) is 6.04 Å². The molecule has 100 valence electrons. The molecule has 0 spiro atoms. The molecule has 1 N–H and O–H groups in total. The lowest BCUT2D eigenvalue weighted by Gasteiger charge is -2.21. The van der Waals surface area contributed by atoms with Crippen molar-refractivity contribution in [2.45, 2.75) is 13.0 Å². The van der Waals surface area contributed by atoms with Crippen LogP contribution in [0, 0.1) is 0 Å². The first-order valence-electron chi connectivity index (χ1n) is 6.06. The quantitative estimate of drug-likeness (QED) is 0.802. The van der Waals surface area contributed by atoms with Crippen molar-refractivity contribution in [2.75, 3.05) is 6.54 Å². The SMILES string of the molecule is CCNC(c1ccccc1Cl)c1cccc(Cl)c1Cl. The molecule has 1 atom stereocenters. The van der Waals surface area contributed by atoms with E-state index in [9.17, 15) is 0 Å². The van der Waals surface area contributed by atoms with E-state index >= 15 is 0 Å². The lowest BCUT2D eigenvalue weighted by atomic mass is 9.98. The van der Waals surface area contributed by atoms with Gasteiger partial charge in [0.25, 0.3) is 0 Å². The molecule has 0 aromatic heterocycles. The van der Waals surface area contributed by atoms with Crippen LogP contribution in [0.25, 0.3) is 0 Å². The average Bonchev–Trinajstić information content (AvgIpc) is 2.41. The third kappa shape index (κ3) is 3.24. The summed E-state index contributed by atoms with van der Waals surface area (Å²) in [5.41, 5.74) is 1.93. The maximum absolute atomic E-state index is 6.31. The molecule has 1 unspecified atom stereocenters. The average molecular weight is 315 g/mol. The zero-order chi connectivity index (χ0) is 13.8. The van der Waals surface area contributed by atoms with Crippen molar-refractivity contribution in [1.82, 2.24) is 5.32 Å². The van der Waals surface area contributed by atoms with Crippen molar-refractivity contribution in [1.29, 1.82) is 0 Å². The Morgan fingerprint density at radius 3 is 2.21 bits per heavy atom. The number of nitrogens with one attached hydrogen (secondary N) is 1. The molecule has 0 heterocycles. The number of hydrogen-bond donors (Lipinski definition) is 1. The molecule has 0 aliphatic heterocycles. The first kappa shape index (κ1) is 14.7. The van der Waals surface area contributed by atoms with Gasteiger partial charge in [-0.15, -0.1) is 0 Å². The molecule has 0 fully saturated rings. The number of hydrogen-bond acceptors (Lipinski definition) is 1. The Balaban J connectivity index is 2.52. The first-order chi connectivity index (χ1) is 9.15. The monoisotopic (exact) mass is 313 g/mol. The molecule has 0 bridgehead atoms. The van der Waals surface area contributed by atoms with Crippen molar-refractivity contribution >= 4 is 34.8 Å². The smallest absolute Gasteiger partial charge is 0.0643 e. The number of rotatable bonds is 4. The van der Waals surface area contributed by atoms with Crippen LogP contribution in [0.2, 0.25) is 15.1 Å². The maximum Gasteiger partial charge on any atom is 0.0643 e. The van der Waals surface area contributed by atoms with Crippen LogP contribution in [0.1, 0.15) is 24.1 Å². The van der Waals surface area contributed by atoms with Gasteiger partial charge in [-0.05, 0) is 29.8 Å². The van der Waals surface area contributed by atoms with Gasteiger partial charge >= 0.3 is 0 Å². The van der Waals surface area contributed by atoms with E-state index in [2.05, 4.69) is 5.32 Å². The Bertz CT molecular complexity index is 569. The van der Waals surface area contributed by atoms with Crippen LogP contribution < -0.4 is 5.32 Å². The van der Waals surface area contributed by atoms with Crippen LogP contribution in [0.5, 0.6) is 0 Å². The summed E-state index contributed by atoms with van der Waals surface area (Å²) in [5.74, 6) is 0. The Hall–Kier alpha value is -0.730. The molecule has 0 aliphatic rings. The highest BCUT2D eigenvalue weighted by Gasteiger charge is 2.19. The zero-order valence-corrected chi connectivity index (χ0v) is 12.7. The van der Waals surface area contributed by atoms with Crippen LogP contribution >= 0.6 is 34.8 Å². The van der Waals surface area contributed by atoms with Gasteiger partial charge in [0.05, 0.1) is 16.1 Å². The summed E-state index contributed by atoms with van der Waals surface area (Å²) in [6.07, 6.45) is 0. The summed E-state index contributed by atoms with van der Waals surface area (Å²) >= 11 is 18.7. The normalized spacial score (nSPS) is 12.4. The fourth-order valence-electron chi connectivity index (χ4n) is 2.04. The molecule has 0 amide bonds. The van der Waals surface area contributed by atoms with Gasteiger partial charge in [-0.3, -0.25) is 0 Å². The summed E-state index contributed by atoms with van der Waals surface area (Å²) in [5, 5.41) is 5.22. The predicted molar refractivity (Wildman–Crippen MR) is 83.4 cm³/mol. The second-order valence-electron chi connectivity index (χ2n) is 4.16. The Labute approximate surface area is 128 Å². The fourth-order valence-corrected chi connectivity index (χ4v) is 2.71. The van der Waals surface area contributed by atoms with E-state index in [1.54, 1.807) is 6.07 Å². The molecule has 2 aromatic rings.